The molecule has 0 amide bonds. The number of aliphatic hydroxyl groups excluding tert-OH is 1. The maximum atomic E-state index is 13.0. The van der Waals surface area contributed by atoms with Crippen LogP contribution in [0.5, 0.6) is 0 Å². The minimum atomic E-state index is -4.95. The predicted octanol–water partition coefficient (Wildman–Crippen LogP) is 20.2. The van der Waals surface area contributed by atoms with Gasteiger partial charge in [0.2, 0.25) is 0 Å². The molecule has 0 aliphatic heterocycles. The first-order valence-corrected chi connectivity index (χ1v) is 39.8. The van der Waals surface area contributed by atoms with Crippen LogP contribution in [-0.4, -0.2) is 96.7 Å². The van der Waals surface area contributed by atoms with Crippen LogP contribution in [0.1, 0.15) is 357 Å². The van der Waals surface area contributed by atoms with Gasteiger partial charge >= 0.3 is 39.5 Å². The van der Waals surface area contributed by atoms with E-state index in [9.17, 15) is 43.2 Å². The van der Waals surface area contributed by atoms with Crippen LogP contribution < -0.4 is 0 Å². The molecule has 0 aromatic rings. The first-order valence-electron chi connectivity index (χ1n) is 36.8. The SMILES string of the molecule is CCCCCCCC(=O)OC[C@H](COP(=O)(O)OC[C@H](O)COP(=O)(O)OC[C@@H](COC(=O)CCCCCCCCCCCCCC(C)C)OC(=O)CCCCCCCCCCCCCCCCCC(C)C)OC(=O)CCCCCCCCCCCCC(C)C. The van der Waals surface area contributed by atoms with Crippen molar-refractivity contribution in [2.24, 2.45) is 17.8 Å². The Bertz CT molecular complexity index is 1770. The summed E-state index contributed by atoms with van der Waals surface area (Å²) in [7, 11) is -9.89. The Morgan fingerprint density at radius 2 is 0.511 bits per heavy atom. The van der Waals surface area contributed by atoms with E-state index in [0.29, 0.717) is 25.7 Å². The summed E-state index contributed by atoms with van der Waals surface area (Å²) in [6.45, 7) is 11.8. The lowest BCUT2D eigenvalue weighted by atomic mass is 10.0. The minimum absolute atomic E-state index is 0.105. The molecule has 0 radical (unpaired) electrons. The van der Waals surface area contributed by atoms with E-state index in [1.807, 2.05) is 0 Å². The largest absolute Gasteiger partial charge is 0.472 e. The number of phosphoric acid groups is 2. The number of hydrogen-bond acceptors (Lipinski definition) is 15. The summed E-state index contributed by atoms with van der Waals surface area (Å²) < 4.78 is 68.1. The fraction of sp³-hybridized carbons (Fsp3) is 0.944. The lowest BCUT2D eigenvalue weighted by Crippen LogP contribution is -2.30. The highest BCUT2D eigenvalue weighted by atomic mass is 31.2. The summed E-state index contributed by atoms with van der Waals surface area (Å²) in [6, 6.07) is 0. The van der Waals surface area contributed by atoms with Gasteiger partial charge in [0, 0.05) is 25.7 Å². The second-order valence-corrected chi connectivity index (χ2v) is 30.0. The zero-order valence-electron chi connectivity index (χ0n) is 58.6. The molecule has 0 aromatic carbocycles. The number of carbonyl (C=O) groups excluding carboxylic acids is 4. The standard InChI is InChI=1S/C71H138O17P2/c1-8-9-10-35-45-52-68(73)81-58-66(87-70(75)55-48-41-34-28-22-21-25-31-38-44-51-64(6)7)60-85-89(77,78)83-56-65(72)57-84-90(79,80)86-61-67(59-82-69(74)53-46-39-32-26-20-16-18-24-30-37-43-50-63(4)5)88-71(76)54-47-40-33-27-19-15-13-11-12-14-17-23-29-36-42-49-62(2)3/h62-67,72H,8-61H2,1-7H3,(H,77,78)(H,79,80)/t65-,66+,67+/m0/s1. The number of unbranched alkanes of at least 4 members (excludes halogenated alkanes) is 37. The average molecular weight is 1330 g/mol. The number of ether oxygens (including phenoxy) is 4. The molecule has 2 unspecified atom stereocenters. The van der Waals surface area contributed by atoms with Gasteiger partial charge in [-0.05, 0) is 43.4 Å². The molecule has 19 heteroatoms. The maximum Gasteiger partial charge on any atom is 0.472 e. The second-order valence-electron chi connectivity index (χ2n) is 27.1. The highest BCUT2D eigenvalue weighted by molar-refractivity contribution is 7.47. The molecule has 0 aliphatic rings. The molecule has 0 fully saturated rings. The second kappa shape index (κ2) is 61.9. The summed E-state index contributed by atoms with van der Waals surface area (Å²) in [5, 5.41) is 10.6. The van der Waals surface area contributed by atoms with Crippen molar-refractivity contribution in [2.75, 3.05) is 39.6 Å². The highest BCUT2D eigenvalue weighted by Gasteiger charge is 2.30. The Kier molecular flexibility index (Phi) is 60.6. The van der Waals surface area contributed by atoms with E-state index in [1.54, 1.807) is 0 Å². The molecule has 0 heterocycles. The molecule has 534 valence electrons. The number of phosphoric ester groups is 2. The highest BCUT2D eigenvalue weighted by Crippen LogP contribution is 2.45. The fourth-order valence-electron chi connectivity index (χ4n) is 10.7. The van der Waals surface area contributed by atoms with Crippen LogP contribution >= 0.6 is 15.6 Å². The van der Waals surface area contributed by atoms with Gasteiger partial charge in [-0.2, -0.15) is 0 Å². The third-order valence-corrected chi connectivity index (χ3v) is 18.3. The van der Waals surface area contributed by atoms with E-state index in [2.05, 4.69) is 48.5 Å². The van der Waals surface area contributed by atoms with Crippen LogP contribution in [0, 0.1) is 17.8 Å². The zero-order valence-corrected chi connectivity index (χ0v) is 60.4. The van der Waals surface area contributed by atoms with Crippen molar-refractivity contribution >= 4 is 39.5 Å². The Morgan fingerprint density at radius 3 is 0.756 bits per heavy atom. The lowest BCUT2D eigenvalue weighted by Gasteiger charge is -2.21. The van der Waals surface area contributed by atoms with Crippen molar-refractivity contribution in [3.63, 3.8) is 0 Å². The van der Waals surface area contributed by atoms with E-state index in [4.69, 9.17) is 37.0 Å². The van der Waals surface area contributed by atoms with Crippen LogP contribution in [0.15, 0.2) is 0 Å². The first-order chi connectivity index (χ1) is 43.2. The smallest absolute Gasteiger partial charge is 0.462 e. The summed E-state index contributed by atoms with van der Waals surface area (Å²) >= 11 is 0. The van der Waals surface area contributed by atoms with Gasteiger partial charge in [0.05, 0.1) is 26.4 Å². The molecule has 0 rings (SSSR count). The Labute approximate surface area is 549 Å². The third kappa shape index (κ3) is 64.8. The normalized spacial score (nSPS) is 14.2. The third-order valence-electron chi connectivity index (χ3n) is 16.4. The van der Waals surface area contributed by atoms with Crippen LogP contribution in [0.25, 0.3) is 0 Å². The summed E-state index contributed by atoms with van der Waals surface area (Å²) in [6.07, 6.45) is 46.2. The molecular weight excluding hydrogens is 1190 g/mol. The molecule has 0 aromatic heterocycles. The minimum Gasteiger partial charge on any atom is -0.462 e. The topological polar surface area (TPSA) is 237 Å². The molecule has 90 heavy (non-hydrogen) atoms. The lowest BCUT2D eigenvalue weighted by molar-refractivity contribution is -0.161. The van der Waals surface area contributed by atoms with Crippen molar-refractivity contribution in [2.45, 2.75) is 375 Å². The Hall–Kier alpha value is -1.94. The fourth-order valence-corrected chi connectivity index (χ4v) is 12.3. The predicted molar refractivity (Wildman–Crippen MR) is 363 cm³/mol. The molecule has 17 nitrogen and oxygen atoms in total. The average Bonchev–Trinajstić information content (AvgIpc) is 3.62. The van der Waals surface area contributed by atoms with Crippen molar-refractivity contribution < 1.29 is 80.2 Å². The van der Waals surface area contributed by atoms with Gasteiger partial charge in [-0.25, -0.2) is 9.13 Å². The van der Waals surface area contributed by atoms with Gasteiger partial charge in [-0.3, -0.25) is 37.3 Å². The number of aliphatic hydroxyl groups is 1. The van der Waals surface area contributed by atoms with Crippen molar-refractivity contribution in [1.29, 1.82) is 0 Å². The van der Waals surface area contributed by atoms with Gasteiger partial charge in [-0.1, -0.05) is 305 Å². The van der Waals surface area contributed by atoms with E-state index in [-0.39, 0.29) is 25.7 Å². The number of esters is 4. The Morgan fingerprint density at radius 1 is 0.300 bits per heavy atom. The van der Waals surface area contributed by atoms with Crippen LogP contribution in [0.4, 0.5) is 0 Å². The van der Waals surface area contributed by atoms with E-state index in [0.717, 1.165) is 114 Å². The number of rotatable bonds is 69. The maximum absolute atomic E-state index is 13.0. The van der Waals surface area contributed by atoms with Crippen LogP contribution in [-0.2, 0) is 65.4 Å². The monoisotopic (exact) mass is 1320 g/mol. The molecule has 3 N–H and O–H groups in total. The van der Waals surface area contributed by atoms with Gasteiger partial charge in [0.1, 0.15) is 19.3 Å². The van der Waals surface area contributed by atoms with E-state index < -0.39 is 97.5 Å². The molecule has 0 saturated carbocycles. The number of hydrogen-bond donors (Lipinski definition) is 3. The first kappa shape index (κ1) is 88.1. The molecule has 0 spiro atoms. The molecule has 0 aliphatic carbocycles. The van der Waals surface area contributed by atoms with Crippen molar-refractivity contribution in [3.8, 4) is 0 Å². The molecular formula is C71H138O17P2. The van der Waals surface area contributed by atoms with E-state index in [1.165, 1.54) is 161 Å². The molecule has 5 atom stereocenters. The number of carbonyl (C=O) groups is 4. The van der Waals surface area contributed by atoms with Gasteiger partial charge < -0.3 is 33.8 Å². The van der Waals surface area contributed by atoms with Crippen LogP contribution in [0.2, 0.25) is 0 Å². The van der Waals surface area contributed by atoms with Crippen molar-refractivity contribution in [1.82, 2.24) is 0 Å². The zero-order chi connectivity index (χ0) is 66.6. The molecule has 0 saturated heterocycles. The summed E-state index contributed by atoms with van der Waals surface area (Å²) in [5.74, 6) is 0.191. The van der Waals surface area contributed by atoms with Gasteiger partial charge in [0.25, 0.3) is 0 Å². The summed E-state index contributed by atoms with van der Waals surface area (Å²) in [5.41, 5.74) is 0. The van der Waals surface area contributed by atoms with Crippen molar-refractivity contribution in [3.05, 3.63) is 0 Å². The van der Waals surface area contributed by atoms with E-state index >= 15 is 0 Å². The Balaban J connectivity index is 5.16. The van der Waals surface area contributed by atoms with Gasteiger partial charge in [-0.15, -0.1) is 0 Å². The molecule has 0 bridgehead atoms. The quantitative estimate of drug-likeness (QED) is 0.0222. The summed E-state index contributed by atoms with van der Waals surface area (Å²) in [4.78, 5) is 72.3. The van der Waals surface area contributed by atoms with Gasteiger partial charge in [0.15, 0.2) is 12.2 Å². The van der Waals surface area contributed by atoms with Crippen LogP contribution in [0.3, 0.4) is 0 Å².